The van der Waals surface area contributed by atoms with E-state index in [-0.39, 0.29) is 11.7 Å². The summed E-state index contributed by atoms with van der Waals surface area (Å²) < 4.78 is 25.8. The van der Waals surface area contributed by atoms with Crippen molar-refractivity contribution < 1.29 is 13.9 Å². The molecule has 0 spiro atoms. The Balaban J connectivity index is 2.34. The van der Waals surface area contributed by atoms with E-state index in [1.165, 1.54) is 13.2 Å². The maximum Gasteiger partial charge on any atom is 0.206 e. The van der Waals surface area contributed by atoms with Crippen molar-refractivity contribution in [2.24, 2.45) is 0 Å². The van der Waals surface area contributed by atoms with Crippen LogP contribution in [0.2, 0.25) is 0 Å². The number of nitrogen functional groups attached to an aromatic ring is 1. The summed E-state index contributed by atoms with van der Waals surface area (Å²) in [5.74, 6) is 0.558. The third-order valence-electron chi connectivity index (χ3n) is 3.28. The third kappa shape index (κ3) is 2.05. The molecular formula is C15H14FN3O2. The van der Waals surface area contributed by atoms with Crippen LogP contribution in [0.3, 0.4) is 0 Å². The fourth-order valence-electron chi connectivity index (χ4n) is 2.32. The largest absolute Gasteiger partial charge is 0.495 e. The van der Waals surface area contributed by atoms with E-state index in [4.69, 9.17) is 15.2 Å². The summed E-state index contributed by atoms with van der Waals surface area (Å²) in [7, 11) is 2.99. The second-order valence-electron chi connectivity index (χ2n) is 4.45. The van der Waals surface area contributed by atoms with Gasteiger partial charge in [0.25, 0.3) is 0 Å². The number of hydrogen-bond acceptors (Lipinski definition) is 4. The summed E-state index contributed by atoms with van der Waals surface area (Å²) in [5, 5.41) is 0. The van der Waals surface area contributed by atoms with Crippen LogP contribution in [-0.4, -0.2) is 23.8 Å². The van der Waals surface area contributed by atoms with Crippen molar-refractivity contribution in [2.75, 3.05) is 20.0 Å². The highest BCUT2D eigenvalue weighted by Gasteiger charge is 2.16. The topological polar surface area (TPSA) is 62.3 Å². The van der Waals surface area contributed by atoms with Crippen molar-refractivity contribution in [3.63, 3.8) is 0 Å². The molecule has 0 saturated heterocycles. The van der Waals surface area contributed by atoms with Gasteiger partial charge in [-0.1, -0.05) is 12.1 Å². The molecule has 3 aromatic rings. The number of anilines is 1. The highest BCUT2D eigenvalue weighted by atomic mass is 19.1. The first kappa shape index (κ1) is 13.2. The number of ether oxygens (including phenoxy) is 2. The predicted molar refractivity (Wildman–Crippen MR) is 78.5 cm³/mol. The summed E-state index contributed by atoms with van der Waals surface area (Å²) in [5.41, 5.74) is 7.82. The monoisotopic (exact) mass is 287 g/mol. The van der Waals surface area contributed by atoms with Gasteiger partial charge in [0.1, 0.15) is 5.75 Å². The zero-order chi connectivity index (χ0) is 15.0. The van der Waals surface area contributed by atoms with Crippen molar-refractivity contribution in [1.29, 1.82) is 0 Å². The number of methoxy groups -OCH3 is 2. The van der Waals surface area contributed by atoms with Crippen molar-refractivity contribution >= 4 is 17.0 Å². The molecule has 21 heavy (non-hydrogen) atoms. The Morgan fingerprint density at radius 1 is 1.10 bits per heavy atom. The molecule has 3 rings (SSSR count). The van der Waals surface area contributed by atoms with E-state index in [0.717, 1.165) is 5.69 Å². The summed E-state index contributed by atoms with van der Waals surface area (Å²) >= 11 is 0. The number of fused-ring (bicyclic) bond motifs is 1. The number of nitrogens with zero attached hydrogens (tertiary/aromatic N) is 2. The molecule has 0 aliphatic heterocycles. The fourth-order valence-corrected chi connectivity index (χ4v) is 2.32. The molecule has 0 amide bonds. The number of halogens is 1. The van der Waals surface area contributed by atoms with Crippen LogP contribution >= 0.6 is 0 Å². The quantitative estimate of drug-likeness (QED) is 0.804. The van der Waals surface area contributed by atoms with E-state index >= 15 is 0 Å². The van der Waals surface area contributed by atoms with Crippen molar-refractivity contribution in [3.05, 3.63) is 42.2 Å². The van der Waals surface area contributed by atoms with Crippen LogP contribution < -0.4 is 15.2 Å². The molecule has 1 aromatic heterocycles. The van der Waals surface area contributed by atoms with E-state index in [1.807, 2.05) is 24.3 Å². The van der Waals surface area contributed by atoms with Gasteiger partial charge in [-0.2, -0.15) is 0 Å². The van der Waals surface area contributed by atoms with Crippen molar-refractivity contribution in [1.82, 2.24) is 9.55 Å². The first-order valence-electron chi connectivity index (χ1n) is 6.30. The highest BCUT2D eigenvalue weighted by molar-refractivity contribution is 5.83. The lowest BCUT2D eigenvalue weighted by atomic mass is 10.2. The molecule has 2 aromatic carbocycles. The zero-order valence-electron chi connectivity index (χ0n) is 11.6. The minimum Gasteiger partial charge on any atom is -0.495 e. The van der Waals surface area contributed by atoms with Gasteiger partial charge in [-0.15, -0.1) is 0 Å². The number of nitrogens with two attached hydrogens (primary N) is 1. The Hall–Kier alpha value is -2.76. The number of benzene rings is 2. The first-order chi connectivity index (χ1) is 10.2. The van der Waals surface area contributed by atoms with Crippen LogP contribution in [0.4, 0.5) is 10.3 Å². The minimum atomic E-state index is -0.477. The molecule has 2 N–H and O–H groups in total. The molecule has 108 valence electrons. The molecule has 0 radical (unpaired) electrons. The van der Waals surface area contributed by atoms with Gasteiger partial charge in [0.15, 0.2) is 11.6 Å². The standard InChI is InChI=1S/C15H14FN3O2/c1-20-13-6-4-3-5-11(13)19-12-8-14(21-2)9(16)7-10(12)18-15(19)17/h3-8H,1-2H3,(H2,17,18). The average molecular weight is 287 g/mol. The average Bonchev–Trinajstić information content (AvgIpc) is 2.80. The van der Waals surface area contributed by atoms with E-state index < -0.39 is 5.82 Å². The Morgan fingerprint density at radius 2 is 1.81 bits per heavy atom. The van der Waals surface area contributed by atoms with E-state index in [9.17, 15) is 4.39 Å². The van der Waals surface area contributed by atoms with Gasteiger partial charge in [-0.25, -0.2) is 9.37 Å². The molecular weight excluding hydrogens is 273 g/mol. The van der Waals surface area contributed by atoms with Gasteiger partial charge in [0.2, 0.25) is 5.95 Å². The minimum absolute atomic E-state index is 0.138. The van der Waals surface area contributed by atoms with E-state index in [1.54, 1.807) is 17.7 Å². The SMILES string of the molecule is COc1cc2c(cc1F)nc(N)n2-c1ccccc1OC. The van der Waals surface area contributed by atoms with E-state index in [0.29, 0.717) is 16.8 Å². The maximum absolute atomic E-state index is 13.8. The Bertz CT molecular complexity index is 814. The van der Waals surface area contributed by atoms with Gasteiger partial charge >= 0.3 is 0 Å². The number of imidazole rings is 1. The number of aromatic nitrogens is 2. The molecule has 0 saturated carbocycles. The summed E-state index contributed by atoms with van der Waals surface area (Å²) in [6, 6.07) is 10.3. The van der Waals surface area contributed by atoms with Gasteiger partial charge in [-0.3, -0.25) is 4.57 Å². The Morgan fingerprint density at radius 3 is 2.52 bits per heavy atom. The van der Waals surface area contributed by atoms with Crippen LogP contribution in [0, 0.1) is 5.82 Å². The van der Waals surface area contributed by atoms with Gasteiger partial charge in [0, 0.05) is 12.1 Å². The molecule has 1 heterocycles. The summed E-state index contributed by atoms with van der Waals surface area (Å²) in [6.45, 7) is 0. The van der Waals surface area contributed by atoms with Crippen molar-refractivity contribution in [3.8, 4) is 17.2 Å². The van der Waals surface area contributed by atoms with Gasteiger partial charge in [-0.05, 0) is 12.1 Å². The van der Waals surface area contributed by atoms with Crippen LogP contribution in [0.1, 0.15) is 0 Å². The normalized spacial score (nSPS) is 10.8. The van der Waals surface area contributed by atoms with Crippen LogP contribution in [0.25, 0.3) is 16.7 Å². The molecule has 6 heteroatoms. The number of hydrogen-bond donors (Lipinski definition) is 1. The summed E-state index contributed by atoms with van der Waals surface area (Å²) in [4.78, 5) is 4.19. The lowest BCUT2D eigenvalue weighted by Gasteiger charge is -2.11. The Labute approximate surface area is 120 Å². The molecule has 0 unspecified atom stereocenters. The van der Waals surface area contributed by atoms with Crippen LogP contribution in [0.5, 0.6) is 11.5 Å². The lowest BCUT2D eigenvalue weighted by molar-refractivity contribution is 0.387. The number of para-hydroxylation sites is 2. The van der Waals surface area contributed by atoms with Gasteiger partial charge in [0.05, 0.1) is 30.9 Å². The van der Waals surface area contributed by atoms with Crippen LogP contribution in [-0.2, 0) is 0 Å². The molecule has 0 atom stereocenters. The third-order valence-corrected chi connectivity index (χ3v) is 3.28. The highest BCUT2D eigenvalue weighted by Crippen LogP contribution is 2.32. The van der Waals surface area contributed by atoms with Gasteiger partial charge < -0.3 is 15.2 Å². The second-order valence-corrected chi connectivity index (χ2v) is 4.45. The lowest BCUT2D eigenvalue weighted by Crippen LogP contribution is -2.02. The maximum atomic E-state index is 13.8. The molecule has 0 bridgehead atoms. The first-order valence-corrected chi connectivity index (χ1v) is 6.30. The molecule has 5 nitrogen and oxygen atoms in total. The smallest absolute Gasteiger partial charge is 0.206 e. The van der Waals surface area contributed by atoms with E-state index in [2.05, 4.69) is 4.98 Å². The van der Waals surface area contributed by atoms with Crippen LogP contribution in [0.15, 0.2) is 36.4 Å². The molecule has 0 fully saturated rings. The fraction of sp³-hybridized carbons (Fsp3) is 0.133. The number of rotatable bonds is 3. The predicted octanol–water partition coefficient (Wildman–Crippen LogP) is 2.76. The second kappa shape index (κ2) is 4.97. The van der Waals surface area contributed by atoms with Crippen molar-refractivity contribution in [2.45, 2.75) is 0 Å². The Kier molecular flexibility index (Phi) is 3.13. The molecule has 0 aliphatic rings. The summed E-state index contributed by atoms with van der Waals surface area (Å²) in [6.07, 6.45) is 0. The molecule has 0 aliphatic carbocycles. The zero-order valence-corrected chi connectivity index (χ0v) is 11.6.